The molecule has 0 radical (unpaired) electrons. The van der Waals surface area contributed by atoms with E-state index in [-0.39, 0.29) is 12.5 Å². The predicted octanol–water partition coefficient (Wildman–Crippen LogP) is 4.68. The normalized spacial score (nSPS) is 10.5. The Morgan fingerprint density at radius 3 is 2.32 bits per heavy atom. The van der Waals surface area contributed by atoms with E-state index < -0.39 is 11.9 Å². The molecule has 0 spiro atoms. The lowest BCUT2D eigenvalue weighted by molar-refractivity contribution is 0.0495. The number of benzene rings is 1. The van der Waals surface area contributed by atoms with E-state index in [9.17, 15) is 14.4 Å². The molecule has 1 aromatic carbocycles. The number of rotatable bonds is 10. The van der Waals surface area contributed by atoms with Crippen molar-refractivity contribution in [3.63, 3.8) is 0 Å². The largest absolute Gasteiger partial charge is 0.462 e. The third-order valence-electron chi connectivity index (χ3n) is 4.88. The number of hydrogen-bond acceptors (Lipinski definition) is 5. The fraction of sp³-hybridized carbons (Fsp3) is 0.375. The Morgan fingerprint density at radius 2 is 1.74 bits per heavy atom. The van der Waals surface area contributed by atoms with Crippen molar-refractivity contribution in [3.8, 4) is 0 Å². The summed E-state index contributed by atoms with van der Waals surface area (Å²) in [6.45, 7) is 12.0. The summed E-state index contributed by atoms with van der Waals surface area (Å²) >= 11 is 0. The highest BCUT2D eigenvalue weighted by atomic mass is 16.5. The van der Waals surface area contributed by atoms with Crippen molar-refractivity contribution in [1.82, 2.24) is 4.57 Å². The van der Waals surface area contributed by atoms with E-state index in [1.54, 1.807) is 55.7 Å². The SMILES string of the molecule is C=CCn1c(C)c(C(=O)Nc2ccc(C(=O)OCCCC)cc2)c(C)c1C(=O)OCC. The Kier molecular flexibility index (Phi) is 8.61. The van der Waals surface area contributed by atoms with Crippen molar-refractivity contribution < 1.29 is 23.9 Å². The molecular weight excluding hydrogens is 396 g/mol. The van der Waals surface area contributed by atoms with E-state index in [1.807, 2.05) is 6.92 Å². The molecule has 0 atom stereocenters. The van der Waals surface area contributed by atoms with Crippen LogP contribution in [0.5, 0.6) is 0 Å². The van der Waals surface area contributed by atoms with Crippen LogP contribution in [0.4, 0.5) is 5.69 Å². The minimum Gasteiger partial charge on any atom is -0.462 e. The first kappa shape index (κ1) is 23.9. The van der Waals surface area contributed by atoms with Crippen LogP contribution in [0.25, 0.3) is 0 Å². The first-order valence-corrected chi connectivity index (χ1v) is 10.4. The molecule has 2 aromatic rings. The van der Waals surface area contributed by atoms with Crippen molar-refractivity contribution in [2.75, 3.05) is 18.5 Å². The topological polar surface area (TPSA) is 86.6 Å². The Labute approximate surface area is 183 Å². The summed E-state index contributed by atoms with van der Waals surface area (Å²) < 4.78 is 12.1. The highest BCUT2D eigenvalue weighted by Crippen LogP contribution is 2.25. The van der Waals surface area contributed by atoms with Crippen molar-refractivity contribution in [2.24, 2.45) is 0 Å². The second-order valence-electron chi connectivity index (χ2n) is 7.07. The van der Waals surface area contributed by atoms with E-state index in [0.29, 0.717) is 46.9 Å². The minimum absolute atomic E-state index is 0.241. The maximum absolute atomic E-state index is 13.0. The lowest BCUT2D eigenvalue weighted by Gasteiger charge is -2.09. The van der Waals surface area contributed by atoms with E-state index in [0.717, 1.165) is 12.8 Å². The molecule has 2 rings (SSSR count). The van der Waals surface area contributed by atoms with Gasteiger partial charge in [-0.3, -0.25) is 4.79 Å². The fourth-order valence-corrected chi connectivity index (χ4v) is 3.33. The monoisotopic (exact) mass is 426 g/mol. The summed E-state index contributed by atoms with van der Waals surface area (Å²) in [5, 5.41) is 2.83. The Hall–Kier alpha value is -3.35. The van der Waals surface area contributed by atoms with Gasteiger partial charge in [-0.15, -0.1) is 6.58 Å². The highest BCUT2D eigenvalue weighted by Gasteiger charge is 2.26. The molecule has 1 N–H and O–H groups in total. The quantitative estimate of drug-likeness (QED) is 0.339. The molecule has 1 aromatic heterocycles. The van der Waals surface area contributed by atoms with Gasteiger partial charge < -0.3 is 19.4 Å². The van der Waals surface area contributed by atoms with Crippen LogP contribution in [-0.4, -0.2) is 35.6 Å². The van der Waals surface area contributed by atoms with Gasteiger partial charge in [-0.25, -0.2) is 9.59 Å². The number of aromatic nitrogens is 1. The van der Waals surface area contributed by atoms with Gasteiger partial charge in [0.05, 0.1) is 24.3 Å². The van der Waals surface area contributed by atoms with Gasteiger partial charge in [0.15, 0.2) is 0 Å². The number of carbonyl (C=O) groups excluding carboxylic acids is 3. The van der Waals surface area contributed by atoms with E-state index in [1.165, 1.54) is 0 Å². The lowest BCUT2D eigenvalue weighted by Crippen LogP contribution is -2.14. The van der Waals surface area contributed by atoms with Crippen LogP contribution in [-0.2, 0) is 16.0 Å². The minimum atomic E-state index is -0.477. The summed E-state index contributed by atoms with van der Waals surface area (Å²) in [5.41, 5.74) is 2.90. The van der Waals surface area contributed by atoms with Gasteiger partial charge in [-0.1, -0.05) is 19.4 Å². The summed E-state index contributed by atoms with van der Waals surface area (Å²) in [5.74, 6) is -1.21. The van der Waals surface area contributed by atoms with Crippen molar-refractivity contribution in [3.05, 3.63) is 65.0 Å². The number of anilines is 1. The summed E-state index contributed by atoms with van der Waals surface area (Å²) in [4.78, 5) is 37.5. The second kappa shape index (κ2) is 11.2. The Balaban J connectivity index is 2.23. The van der Waals surface area contributed by atoms with Crippen LogP contribution < -0.4 is 5.32 Å². The Morgan fingerprint density at radius 1 is 1.06 bits per heavy atom. The molecule has 0 saturated carbocycles. The van der Waals surface area contributed by atoms with Gasteiger partial charge in [0.2, 0.25) is 0 Å². The van der Waals surface area contributed by atoms with E-state index >= 15 is 0 Å². The van der Waals surface area contributed by atoms with Gasteiger partial charge in [0.1, 0.15) is 5.69 Å². The molecule has 0 aliphatic carbocycles. The van der Waals surface area contributed by atoms with Gasteiger partial charge >= 0.3 is 11.9 Å². The zero-order chi connectivity index (χ0) is 23.0. The number of unbranched alkanes of at least 4 members (excludes halogenated alkanes) is 1. The van der Waals surface area contributed by atoms with Gasteiger partial charge in [0, 0.05) is 17.9 Å². The maximum atomic E-state index is 13.0. The van der Waals surface area contributed by atoms with Crippen molar-refractivity contribution >= 4 is 23.5 Å². The Bertz CT molecular complexity index is 957. The molecule has 7 nitrogen and oxygen atoms in total. The third kappa shape index (κ3) is 5.63. The number of hydrogen-bond donors (Lipinski definition) is 1. The van der Waals surface area contributed by atoms with E-state index in [4.69, 9.17) is 9.47 Å². The molecule has 1 heterocycles. The molecule has 0 bridgehead atoms. The summed E-state index contributed by atoms with van der Waals surface area (Å²) in [7, 11) is 0. The standard InChI is InChI=1S/C24H30N2O5/c1-6-9-15-31-23(28)18-10-12-19(13-11-18)25-22(27)20-16(4)21(24(29)30-8-3)26(14-7-2)17(20)5/h7,10-13H,2,6,8-9,14-15H2,1,3-5H3,(H,25,27). The van der Waals surface area contributed by atoms with Gasteiger partial charge in [0.25, 0.3) is 5.91 Å². The third-order valence-corrected chi connectivity index (χ3v) is 4.88. The average Bonchev–Trinajstić information content (AvgIpc) is 2.98. The number of carbonyl (C=O) groups is 3. The summed E-state index contributed by atoms with van der Waals surface area (Å²) in [6, 6.07) is 6.50. The van der Waals surface area contributed by atoms with Gasteiger partial charge in [-0.2, -0.15) is 0 Å². The number of nitrogens with one attached hydrogen (secondary N) is 1. The number of amides is 1. The smallest absolute Gasteiger partial charge is 0.355 e. The van der Waals surface area contributed by atoms with Crippen LogP contribution in [0.1, 0.15) is 69.2 Å². The second-order valence-corrected chi connectivity index (χ2v) is 7.07. The summed E-state index contributed by atoms with van der Waals surface area (Å²) in [6.07, 6.45) is 3.43. The number of nitrogens with zero attached hydrogens (tertiary/aromatic N) is 1. The fourth-order valence-electron chi connectivity index (χ4n) is 3.33. The van der Waals surface area contributed by atoms with Crippen molar-refractivity contribution in [1.29, 1.82) is 0 Å². The molecule has 31 heavy (non-hydrogen) atoms. The molecule has 0 fully saturated rings. The number of ether oxygens (including phenoxy) is 2. The van der Waals surface area contributed by atoms with Crippen LogP contribution >= 0.6 is 0 Å². The van der Waals surface area contributed by atoms with Gasteiger partial charge in [-0.05, 0) is 57.0 Å². The van der Waals surface area contributed by atoms with Crippen LogP contribution in [0, 0.1) is 13.8 Å². The molecule has 1 amide bonds. The molecule has 0 saturated heterocycles. The predicted molar refractivity (Wildman–Crippen MR) is 120 cm³/mol. The highest BCUT2D eigenvalue weighted by molar-refractivity contribution is 6.08. The van der Waals surface area contributed by atoms with Crippen LogP contribution in [0.15, 0.2) is 36.9 Å². The first-order chi connectivity index (χ1) is 14.8. The molecule has 166 valence electrons. The molecular formula is C24H30N2O5. The van der Waals surface area contributed by atoms with E-state index in [2.05, 4.69) is 11.9 Å². The zero-order valence-electron chi connectivity index (χ0n) is 18.6. The van der Waals surface area contributed by atoms with Crippen LogP contribution in [0.3, 0.4) is 0 Å². The number of allylic oxidation sites excluding steroid dienone is 1. The molecule has 0 aliphatic heterocycles. The van der Waals surface area contributed by atoms with Crippen LogP contribution in [0.2, 0.25) is 0 Å². The molecule has 7 heteroatoms. The molecule has 0 unspecified atom stereocenters. The molecule has 0 aliphatic rings. The lowest BCUT2D eigenvalue weighted by atomic mass is 10.1. The van der Waals surface area contributed by atoms with Crippen molar-refractivity contribution in [2.45, 2.75) is 47.1 Å². The maximum Gasteiger partial charge on any atom is 0.355 e. The number of esters is 2. The zero-order valence-corrected chi connectivity index (χ0v) is 18.6. The average molecular weight is 427 g/mol. The first-order valence-electron chi connectivity index (χ1n) is 10.4.